The van der Waals surface area contributed by atoms with Gasteiger partial charge in [-0.15, -0.1) is 24.8 Å². The van der Waals surface area contributed by atoms with Crippen molar-refractivity contribution in [2.24, 2.45) is 23.5 Å². The van der Waals surface area contributed by atoms with Crippen LogP contribution in [0.15, 0.2) is 36.5 Å². The first-order chi connectivity index (χ1) is 14.0. The summed E-state index contributed by atoms with van der Waals surface area (Å²) in [5.41, 5.74) is 9.64. The summed E-state index contributed by atoms with van der Waals surface area (Å²) >= 11 is 0. The molecule has 7 heteroatoms. The Morgan fingerprint density at radius 2 is 1.87 bits per heavy atom. The van der Waals surface area contributed by atoms with E-state index in [4.69, 9.17) is 10.5 Å². The molecule has 1 aromatic carbocycles. The smallest absolute Gasteiger partial charge is 0.223 e. The van der Waals surface area contributed by atoms with Crippen molar-refractivity contribution < 1.29 is 9.53 Å². The number of nitrogens with zero attached hydrogens (tertiary/aromatic N) is 1. The van der Waals surface area contributed by atoms with Crippen LogP contribution in [0.4, 0.5) is 0 Å². The molecule has 0 aliphatic heterocycles. The van der Waals surface area contributed by atoms with Gasteiger partial charge in [0.1, 0.15) is 5.75 Å². The zero-order valence-electron chi connectivity index (χ0n) is 18.2. The van der Waals surface area contributed by atoms with E-state index in [-0.39, 0.29) is 42.7 Å². The largest absolute Gasteiger partial charge is 0.439 e. The maximum absolute atomic E-state index is 12.8. The molecule has 2 aliphatic rings. The molecule has 2 bridgehead atoms. The maximum Gasteiger partial charge on any atom is 0.223 e. The average molecular weight is 466 g/mol. The summed E-state index contributed by atoms with van der Waals surface area (Å²) in [7, 11) is 0. The number of nitrogens with two attached hydrogens (primary N) is 1. The van der Waals surface area contributed by atoms with Crippen LogP contribution in [0.1, 0.15) is 48.8 Å². The third-order valence-corrected chi connectivity index (χ3v) is 6.82. The molecule has 2 atom stereocenters. The number of pyridine rings is 1. The highest BCUT2D eigenvalue weighted by atomic mass is 35.5. The number of ether oxygens (including phenoxy) is 1. The van der Waals surface area contributed by atoms with Gasteiger partial charge >= 0.3 is 0 Å². The Hall–Kier alpha value is -1.82. The van der Waals surface area contributed by atoms with Crippen LogP contribution in [0.3, 0.4) is 0 Å². The molecule has 2 fully saturated rings. The van der Waals surface area contributed by atoms with E-state index in [1.54, 1.807) is 6.20 Å². The quantitative estimate of drug-likeness (QED) is 0.643. The minimum atomic E-state index is 0. The molecule has 2 saturated carbocycles. The van der Waals surface area contributed by atoms with Gasteiger partial charge in [-0.3, -0.25) is 4.79 Å². The zero-order chi connectivity index (χ0) is 20.4. The summed E-state index contributed by atoms with van der Waals surface area (Å²) in [5.74, 6) is 2.63. The molecule has 0 saturated heterocycles. The van der Waals surface area contributed by atoms with E-state index in [0.29, 0.717) is 24.3 Å². The van der Waals surface area contributed by atoms with Gasteiger partial charge in [-0.25, -0.2) is 4.98 Å². The molecule has 4 rings (SSSR count). The molecule has 3 N–H and O–H groups in total. The van der Waals surface area contributed by atoms with Crippen molar-refractivity contribution in [1.82, 2.24) is 10.3 Å². The van der Waals surface area contributed by atoms with Gasteiger partial charge in [-0.2, -0.15) is 0 Å². The van der Waals surface area contributed by atoms with Crippen molar-refractivity contribution in [3.8, 4) is 11.6 Å². The van der Waals surface area contributed by atoms with Gasteiger partial charge in [0.05, 0.1) is 0 Å². The van der Waals surface area contributed by atoms with E-state index in [1.807, 2.05) is 31.2 Å². The number of halogens is 2. The van der Waals surface area contributed by atoms with E-state index >= 15 is 0 Å². The Kier molecular flexibility index (Phi) is 9.16. The lowest BCUT2D eigenvalue weighted by molar-refractivity contribution is -0.128. The summed E-state index contributed by atoms with van der Waals surface area (Å²) in [6.45, 7) is 4.59. The number of carbonyl (C=O) groups is 1. The number of nitrogens with one attached hydrogen (secondary N) is 1. The third-order valence-electron chi connectivity index (χ3n) is 6.82. The highest BCUT2D eigenvalue weighted by Crippen LogP contribution is 2.41. The number of aromatic nitrogens is 1. The van der Waals surface area contributed by atoms with E-state index < -0.39 is 0 Å². The normalized spacial score (nSPS) is 24.4. The van der Waals surface area contributed by atoms with E-state index in [2.05, 4.69) is 23.3 Å². The van der Waals surface area contributed by atoms with Crippen LogP contribution in [-0.2, 0) is 11.3 Å². The van der Waals surface area contributed by atoms with Crippen molar-refractivity contribution in [3.63, 3.8) is 0 Å². The molecule has 2 aromatic rings. The van der Waals surface area contributed by atoms with Crippen LogP contribution in [0.5, 0.6) is 11.6 Å². The maximum atomic E-state index is 12.8. The van der Waals surface area contributed by atoms with Gasteiger partial charge in [0, 0.05) is 30.8 Å². The molecule has 1 amide bonds. The minimum absolute atomic E-state index is 0. The lowest BCUT2D eigenvalue weighted by atomic mass is 9.65. The second-order valence-corrected chi connectivity index (χ2v) is 8.72. The van der Waals surface area contributed by atoms with Gasteiger partial charge < -0.3 is 15.8 Å². The summed E-state index contributed by atoms with van der Waals surface area (Å²) in [6, 6.07) is 10.1. The van der Waals surface area contributed by atoms with Crippen molar-refractivity contribution in [2.75, 3.05) is 0 Å². The van der Waals surface area contributed by atoms with Crippen molar-refractivity contribution in [3.05, 3.63) is 53.2 Å². The first-order valence-corrected chi connectivity index (χ1v) is 10.7. The van der Waals surface area contributed by atoms with Gasteiger partial charge in [0.2, 0.25) is 11.8 Å². The molecular formula is C24H33Cl2N3O2. The second-order valence-electron chi connectivity index (χ2n) is 8.72. The van der Waals surface area contributed by atoms with Crippen LogP contribution < -0.4 is 15.8 Å². The van der Waals surface area contributed by atoms with Gasteiger partial charge in [-0.05, 0) is 80.2 Å². The second kappa shape index (κ2) is 11.2. The SMILES string of the molecule is Cc1cccc(Oc2cc(CNC(=O)C3CC4CCCC(C3)C4N)ccn2)c1C.Cl.Cl. The lowest BCUT2D eigenvalue weighted by Gasteiger charge is -2.43. The highest BCUT2D eigenvalue weighted by Gasteiger charge is 2.40. The Bertz CT molecular complexity index is 879. The minimum Gasteiger partial charge on any atom is -0.439 e. The van der Waals surface area contributed by atoms with Crippen molar-refractivity contribution >= 4 is 30.7 Å². The average Bonchev–Trinajstić information content (AvgIpc) is 2.70. The molecule has 31 heavy (non-hydrogen) atoms. The molecule has 1 aromatic heterocycles. The summed E-state index contributed by atoms with van der Waals surface area (Å²) in [6.07, 6.45) is 7.20. The van der Waals surface area contributed by atoms with Gasteiger partial charge in [0.25, 0.3) is 0 Å². The fraction of sp³-hybridized carbons (Fsp3) is 0.500. The Morgan fingerprint density at radius 1 is 1.16 bits per heavy atom. The molecule has 2 unspecified atom stereocenters. The molecular weight excluding hydrogens is 433 g/mol. The van der Waals surface area contributed by atoms with Crippen LogP contribution in [0.25, 0.3) is 0 Å². The standard InChI is InChI=1S/C24H31N3O2.2ClH/c1-15-5-3-8-21(16(15)2)29-22-11-17(9-10-26-22)14-27-24(28)20-12-18-6-4-7-19(13-20)23(18)25;;/h3,5,8-11,18-20,23H,4,6-7,12-14,25H2,1-2H3,(H,27,28);2*1H. The van der Waals surface area contributed by atoms with E-state index in [1.165, 1.54) is 24.8 Å². The fourth-order valence-electron chi connectivity index (χ4n) is 4.90. The number of carbonyl (C=O) groups excluding carboxylic acids is 1. The Labute approximate surface area is 197 Å². The number of benzene rings is 1. The lowest BCUT2D eigenvalue weighted by Crippen LogP contribution is -2.49. The molecule has 0 spiro atoms. The Morgan fingerprint density at radius 3 is 2.58 bits per heavy atom. The van der Waals surface area contributed by atoms with Crippen molar-refractivity contribution in [2.45, 2.75) is 58.5 Å². The van der Waals surface area contributed by atoms with Crippen LogP contribution in [-0.4, -0.2) is 16.9 Å². The number of amides is 1. The number of fused-ring (bicyclic) bond motifs is 2. The number of rotatable bonds is 5. The monoisotopic (exact) mass is 465 g/mol. The third kappa shape index (κ3) is 5.91. The van der Waals surface area contributed by atoms with Crippen LogP contribution in [0, 0.1) is 31.6 Å². The Balaban J connectivity index is 0.00000171. The van der Waals surface area contributed by atoms with E-state index in [0.717, 1.165) is 29.7 Å². The molecule has 1 heterocycles. The summed E-state index contributed by atoms with van der Waals surface area (Å²) in [5, 5.41) is 3.12. The molecule has 2 aliphatic carbocycles. The fourth-order valence-corrected chi connectivity index (χ4v) is 4.90. The zero-order valence-corrected chi connectivity index (χ0v) is 19.8. The summed E-state index contributed by atoms with van der Waals surface area (Å²) in [4.78, 5) is 17.1. The first kappa shape index (κ1) is 25.4. The predicted octanol–water partition coefficient (Wildman–Crippen LogP) is 5.10. The predicted molar refractivity (Wildman–Crippen MR) is 128 cm³/mol. The molecule has 5 nitrogen and oxygen atoms in total. The topological polar surface area (TPSA) is 77.2 Å². The van der Waals surface area contributed by atoms with Crippen LogP contribution in [0.2, 0.25) is 0 Å². The van der Waals surface area contributed by atoms with E-state index in [9.17, 15) is 4.79 Å². The van der Waals surface area contributed by atoms with Gasteiger partial charge in [0.15, 0.2) is 0 Å². The van der Waals surface area contributed by atoms with Crippen LogP contribution >= 0.6 is 24.8 Å². The number of hydrogen-bond donors (Lipinski definition) is 2. The highest BCUT2D eigenvalue weighted by molar-refractivity contribution is 5.85. The molecule has 0 radical (unpaired) electrons. The van der Waals surface area contributed by atoms with Crippen molar-refractivity contribution in [1.29, 1.82) is 0 Å². The van der Waals surface area contributed by atoms with Gasteiger partial charge in [-0.1, -0.05) is 18.6 Å². The summed E-state index contributed by atoms with van der Waals surface area (Å²) < 4.78 is 5.98. The first-order valence-electron chi connectivity index (χ1n) is 10.7. The molecule has 170 valence electrons. The number of aryl methyl sites for hydroxylation is 1. The number of hydrogen-bond acceptors (Lipinski definition) is 4.